The van der Waals surface area contributed by atoms with Crippen LogP contribution in [-0.4, -0.2) is 46.7 Å². The summed E-state index contributed by atoms with van der Waals surface area (Å²) in [4.78, 5) is 25.1. The molecule has 2 N–H and O–H groups in total. The van der Waals surface area contributed by atoms with Gasteiger partial charge in [-0.15, -0.1) is 11.3 Å². The van der Waals surface area contributed by atoms with E-state index < -0.39 is 0 Å². The standard InChI is InChI=1S/C21H26N4O2S2/c1-14-11-15(26)8-9-17(14)23-21-24-20(27)18(29-21)12-16-13-22-19(28-16)7-5-4-6-10-25(2)3/h8-9,11-13,26H,4-7,10H2,1-3H3,(H,23,24,27)/b18-12-. The van der Waals surface area contributed by atoms with Crippen molar-refractivity contribution in [1.29, 1.82) is 0 Å². The predicted molar refractivity (Wildman–Crippen MR) is 122 cm³/mol. The van der Waals surface area contributed by atoms with Gasteiger partial charge in [0.1, 0.15) is 5.75 Å². The van der Waals surface area contributed by atoms with Gasteiger partial charge in [0, 0.05) is 11.1 Å². The van der Waals surface area contributed by atoms with E-state index in [0.29, 0.717) is 10.1 Å². The highest BCUT2D eigenvalue weighted by Crippen LogP contribution is 2.31. The van der Waals surface area contributed by atoms with Crippen molar-refractivity contribution in [3.05, 3.63) is 44.7 Å². The number of carbonyl (C=O) groups is 1. The van der Waals surface area contributed by atoms with Crippen LogP contribution in [0.15, 0.2) is 34.3 Å². The number of hydrogen-bond donors (Lipinski definition) is 2. The topological polar surface area (TPSA) is 77.8 Å². The number of amides is 1. The SMILES string of the molecule is Cc1cc(O)ccc1N=C1NC(=O)/C(=C/c2cnc(CCCCCN(C)C)s2)S1. The van der Waals surface area contributed by atoms with Crippen LogP contribution >= 0.6 is 23.1 Å². The zero-order valence-corrected chi connectivity index (χ0v) is 18.6. The van der Waals surface area contributed by atoms with E-state index in [-0.39, 0.29) is 11.7 Å². The van der Waals surface area contributed by atoms with Crippen molar-refractivity contribution in [3.8, 4) is 5.75 Å². The zero-order chi connectivity index (χ0) is 20.8. The maximum atomic E-state index is 12.3. The number of nitrogens with zero attached hydrogens (tertiary/aromatic N) is 3. The third-order valence-corrected chi connectivity index (χ3v) is 6.31. The lowest BCUT2D eigenvalue weighted by atomic mass is 10.2. The van der Waals surface area contributed by atoms with Gasteiger partial charge in [0.25, 0.3) is 5.91 Å². The lowest BCUT2D eigenvalue weighted by molar-refractivity contribution is -0.115. The van der Waals surface area contributed by atoms with E-state index in [1.165, 1.54) is 24.6 Å². The summed E-state index contributed by atoms with van der Waals surface area (Å²) in [6.45, 7) is 2.99. The van der Waals surface area contributed by atoms with Crippen LogP contribution in [-0.2, 0) is 11.2 Å². The third kappa shape index (κ3) is 6.42. The number of aryl methyl sites for hydroxylation is 2. The number of benzene rings is 1. The molecule has 1 aliphatic heterocycles. The molecule has 1 aromatic heterocycles. The highest BCUT2D eigenvalue weighted by molar-refractivity contribution is 8.18. The molecule has 1 aromatic carbocycles. The summed E-state index contributed by atoms with van der Waals surface area (Å²) in [6, 6.07) is 4.97. The van der Waals surface area contributed by atoms with Crippen molar-refractivity contribution < 1.29 is 9.90 Å². The van der Waals surface area contributed by atoms with Gasteiger partial charge in [0.05, 0.1) is 15.6 Å². The molecule has 0 aliphatic carbocycles. The number of aliphatic imine (C=N–C) groups is 1. The van der Waals surface area contributed by atoms with Crippen molar-refractivity contribution >= 4 is 45.9 Å². The molecule has 1 saturated heterocycles. The quantitative estimate of drug-likeness (QED) is 0.482. The van der Waals surface area contributed by atoms with Crippen LogP contribution in [0.5, 0.6) is 5.75 Å². The van der Waals surface area contributed by atoms with Gasteiger partial charge >= 0.3 is 0 Å². The normalized spacial score (nSPS) is 16.9. The van der Waals surface area contributed by atoms with E-state index in [1.54, 1.807) is 29.5 Å². The highest BCUT2D eigenvalue weighted by atomic mass is 32.2. The molecule has 0 spiro atoms. The second-order valence-corrected chi connectivity index (χ2v) is 9.40. The smallest absolute Gasteiger partial charge is 0.264 e. The number of phenols is 1. The van der Waals surface area contributed by atoms with Crippen molar-refractivity contribution in [3.63, 3.8) is 0 Å². The Labute approximate surface area is 179 Å². The molecule has 1 fully saturated rings. The molecule has 154 valence electrons. The Morgan fingerprint density at radius 3 is 2.86 bits per heavy atom. The fraction of sp³-hybridized carbons (Fsp3) is 0.381. The number of amidine groups is 1. The fourth-order valence-corrected chi connectivity index (χ4v) is 4.68. The zero-order valence-electron chi connectivity index (χ0n) is 16.9. The maximum absolute atomic E-state index is 12.3. The fourth-order valence-electron chi connectivity index (χ4n) is 2.87. The molecule has 2 aromatic rings. The van der Waals surface area contributed by atoms with Gasteiger partial charge in [-0.3, -0.25) is 4.79 Å². The van der Waals surface area contributed by atoms with Crippen molar-refractivity contribution in [2.24, 2.45) is 4.99 Å². The summed E-state index contributed by atoms with van der Waals surface area (Å²) >= 11 is 2.96. The molecule has 8 heteroatoms. The summed E-state index contributed by atoms with van der Waals surface area (Å²) in [5.74, 6) is 0.0534. The molecule has 0 bridgehead atoms. The summed E-state index contributed by atoms with van der Waals surface area (Å²) < 4.78 is 0. The first kappa shape index (κ1) is 21.5. The number of nitrogens with one attached hydrogen (secondary N) is 1. The summed E-state index contributed by atoms with van der Waals surface area (Å²) in [5, 5.41) is 14.0. The molecule has 0 atom stereocenters. The summed E-state index contributed by atoms with van der Waals surface area (Å²) in [7, 11) is 4.19. The van der Waals surface area contributed by atoms with Crippen LogP contribution in [0.4, 0.5) is 5.69 Å². The van der Waals surface area contributed by atoms with E-state index in [0.717, 1.165) is 40.5 Å². The van der Waals surface area contributed by atoms with Crippen LogP contribution in [0, 0.1) is 6.92 Å². The number of phenolic OH excluding ortho intramolecular Hbond substituents is 1. The van der Waals surface area contributed by atoms with Gasteiger partial charge in [-0.05, 0) is 88.4 Å². The molecule has 3 rings (SSSR count). The van der Waals surface area contributed by atoms with Crippen molar-refractivity contribution in [1.82, 2.24) is 15.2 Å². The van der Waals surface area contributed by atoms with Crippen LogP contribution in [0.1, 0.15) is 34.7 Å². The van der Waals surface area contributed by atoms with Crippen LogP contribution in [0.25, 0.3) is 6.08 Å². The molecule has 0 unspecified atom stereocenters. The van der Waals surface area contributed by atoms with Gasteiger partial charge in [-0.1, -0.05) is 6.42 Å². The minimum Gasteiger partial charge on any atom is -0.508 e. The number of hydrogen-bond acceptors (Lipinski definition) is 7. The lowest BCUT2D eigenvalue weighted by Crippen LogP contribution is -2.19. The number of rotatable bonds is 8. The number of carbonyl (C=O) groups excluding carboxylic acids is 1. The molecular weight excluding hydrogens is 404 g/mol. The molecule has 6 nitrogen and oxygen atoms in total. The monoisotopic (exact) mass is 430 g/mol. The highest BCUT2D eigenvalue weighted by Gasteiger charge is 2.24. The Balaban J connectivity index is 1.59. The Bertz CT molecular complexity index is 935. The minimum atomic E-state index is -0.149. The van der Waals surface area contributed by atoms with Gasteiger partial charge < -0.3 is 15.3 Å². The Morgan fingerprint density at radius 1 is 1.28 bits per heavy atom. The van der Waals surface area contributed by atoms with E-state index in [9.17, 15) is 9.90 Å². The van der Waals surface area contributed by atoms with Crippen LogP contribution in [0.2, 0.25) is 0 Å². The lowest BCUT2D eigenvalue weighted by Gasteiger charge is -2.07. The Kier molecular flexibility index (Phi) is 7.46. The van der Waals surface area contributed by atoms with E-state index in [1.807, 2.05) is 19.2 Å². The maximum Gasteiger partial charge on any atom is 0.264 e. The number of unbranched alkanes of at least 4 members (excludes halogenated alkanes) is 2. The number of aromatic hydroxyl groups is 1. The summed E-state index contributed by atoms with van der Waals surface area (Å²) in [6.07, 6.45) is 8.22. The molecule has 0 radical (unpaired) electrons. The van der Waals surface area contributed by atoms with Crippen molar-refractivity contribution in [2.75, 3.05) is 20.6 Å². The van der Waals surface area contributed by atoms with Gasteiger partial charge in [-0.25, -0.2) is 9.98 Å². The predicted octanol–water partition coefficient (Wildman–Crippen LogP) is 4.32. The van der Waals surface area contributed by atoms with E-state index in [4.69, 9.17) is 0 Å². The number of thiazole rings is 1. The second kappa shape index (κ2) is 10.0. The molecule has 2 heterocycles. The molecule has 1 amide bonds. The molecular formula is C21H26N4O2S2. The minimum absolute atomic E-state index is 0.149. The van der Waals surface area contributed by atoms with Crippen LogP contribution < -0.4 is 5.32 Å². The van der Waals surface area contributed by atoms with Gasteiger partial charge in [0.15, 0.2) is 5.17 Å². The average molecular weight is 431 g/mol. The average Bonchev–Trinajstić information content (AvgIpc) is 3.24. The van der Waals surface area contributed by atoms with Crippen molar-refractivity contribution in [2.45, 2.75) is 32.6 Å². The van der Waals surface area contributed by atoms with E-state index >= 15 is 0 Å². The van der Waals surface area contributed by atoms with Gasteiger partial charge in [0.2, 0.25) is 0 Å². The number of thioether (sulfide) groups is 1. The third-order valence-electron chi connectivity index (χ3n) is 4.39. The largest absolute Gasteiger partial charge is 0.508 e. The second-order valence-electron chi connectivity index (χ2n) is 7.22. The molecule has 29 heavy (non-hydrogen) atoms. The van der Waals surface area contributed by atoms with Crippen LogP contribution in [0.3, 0.4) is 0 Å². The molecule has 0 saturated carbocycles. The molecule has 1 aliphatic rings. The first-order valence-electron chi connectivity index (χ1n) is 9.59. The van der Waals surface area contributed by atoms with Gasteiger partial charge in [-0.2, -0.15) is 0 Å². The Hall–Kier alpha value is -2.16. The first-order valence-corrected chi connectivity index (χ1v) is 11.2. The van der Waals surface area contributed by atoms with E-state index in [2.05, 4.69) is 34.3 Å². The number of aromatic nitrogens is 1. The summed E-state index contributed by atoms with van der Waals surface area (Å²) in [5.41, 5.74) is 1.57. The Morgan fingerprint density at radius 2 is 2.10 bits per heavy atom. The first-order chi connectivity index (χ1) is 13.9.